The number of hydrogen-bond donors (Lipinski definition) is 0. The fourth-order valence-electron chi connectivity index (χ4n) is 2.00. The van der Waals surface area contributed by atoms with Crippen molar-refractivity contribution in [1.82, 2.24) is 4.90 Å². The molecule has 0 aromatic heterocycles. The minimum absolute atomic E-state index is 0.164. The number of hydrogen-bond acceptors (Lipinski definition) is 3. The molecule has 0 unspecified atom stereocenters. The molecule has 0 bridgehead atoms. The van der Waals surface area contributed by atoms with Crippen molar-refractivity contribution in [1.29, 1.82) is 5.26 Å². The Morgan fingerprint density at radius 2 is 1.96 bits per heavy atom. The number of nitrogens with zero attached hydrogens (tertiary/aromatic N) is 2. The van der Waals surface area contributed by atoms with E-state index in [2.05, 4.69) is 6.07 Å². The largest absolute Gasteiger partial charge is 0.489 e. The van der Waals surface area contributed by atoms with E-state index in [1.54, 1.807) is 49.5 Å². The van der Waals surface area contributed by atoms with E-state index < -0.39 is 5.82 Å². The van der Waals surface area contributed by atoms with Crippen LogP contribution in [0.2, 0.25) is 0 Å². The third-order valence-corrected chi connectivity index (χ3v) is 3.38. The zero-order valence-electron chi connectivity index (χ0n) is 13.3. The Morgan fingerprint density at radius 3 is 2.71 bits per heavy atom. The lowest BCUT2D eigenvalue weighted by Gasteiger charge is -2.15. The number of ether oxygens (including phenoxy) is 1. The summed E-state index contributed by atoms with van der Waals surface area (Å²) in [5.41, 5.74) is 1.19. The summed E-state index contributed by atoms with van der Waals surface area (Å²) in [6, 6.07) is 15.2. The number of nitriles is 1. The van der Waals surface area contributed by atoms with E-state index >= 15 is 0 Å². The van der Waals surface area contributed by atoms with Gasteiger partial charge in [-0.15, -0.1) is 0 Å². The second-order valence-electron chi connectivity index (χ2n) is 5.07. The minimum atomic E-state index is -0.431. The Kier molecular flexibility index (Phi) is 6.09. The first-order valence-corrected chi connectivity index (χ1v) is 7.41. The van der Waals surface area contributed by atoms with Crippen LogP contribution in [0.25, 0.3) is 6.08 Å². The molecule has 0 fully saturated rings. The fraction of sp³-hybridized carbons (Fsp3) is 0.158. The number of para-hydroxylation sites is 1. The Labute approximate surface area is 140 Å². The highest BCUT2D eigenvalue weighted by molar-refractivity contribution is 5.91. The number of amides is 1. The Bertz CT molecular complexity index is 781. The van der Waals surface area contributed by atoms with Crippen molar-refractivity contribution in [3.63, 3.8) is 0 Å². The number of benzene rings is 2. The van der Waals surface area contributed by atoms with Crippen molar-refractivity contribution < 1.29 is 13.9 Å². The molecule has 24 heavy (non-hydrogen) atoms. The van der Waals surface area contributed by atoms with Crippen LogP contribution in [0.4, 0.5) is 4.39 Å². The van der Waals surface area contributed by atoms with Gasteiger partial charge in [-0.2, -0.15) is 5.26 Å². The first-order valence-electron chi connectivity index (χ1n) is 7.41. The van der Waals surface area contributed by atoms with Gasteiger partial charge in [-0.25, -0.2) is 4.39 Å². The van der Waals surface area contributed by atoms with Crippen molar-refractivity contribution in [3.8, 4) is 11.8 Å². The second kappa shape index (κ2) is 8.49. The summed E-state index contributed by atoms with van der Waals surface area (Å²) in [6.45, 7) is 0.503. The van der Waals surface area contributed by atoms with E-state index in [0.29, 0.717) is 17.7 Å². The van der Waals surface area contributed by atoms with Crippen LogP contribution in [-0.2, 0) is 4.79 Å². The van der Waals surface area contributed by atoms with Gasteiger partial charge in [0.05, 0.1) is 18.2 Å². The van der Waals surface area contributed by atoms with Crippen LogP contribution >= 0.6 is 0 Å². The van der Waals surface area contributed by atoms with E-state index in [4.69, 9.17) is 10.00 Å². The lowest BCUT2D eigenvalue weighted by Crippen LogP contribution is -2.29. The lowest BCUT2D eigenvalue weighted by molar-refractivity contribution is -0.125. The molecule has 0 aliphatic heterocycles. The zero-order chi connectivity index (χ0) is 17.4. The van der Waals surface area contributed by atoms with Crippen molar-refractivity contribution >= 4 is 12.0 Å². The van der Waals surface area contributed by atoms with Gasteiger partial charge in [0.25, 0.3) is 0 Å². The van der Waals surface area contributed by atoms with Crippen LogP contribution in [-0.4, -0.2) is 31.0 Å². The van der Waals surface area contributed by atoms with Crippen LogP contribution < -0.4 is 4.74 Å². The van der Waals surface area contributed by atoms with E-state index in [9.17, 15) is 9.18 Å². The second-order valence-corrected chi connectivity index (χ2v) is 5.07. The van der Waals surface area contributed by atoms with E-state index in [-0.39, 0.29) is 18.3 Å². The summed E-state index contributed by atoms with van der Waals surface area (Å²) < 4.78 is 18.7. The van der Waals surface area contributed by atoms with Gasteiger partial charge in [-0.1, -0.05) is 30.3 Å². The maximum absolute atomic E-state index is 13.4. The summed E-state index contributed by atoms with van der Waals surface area (Å²) >= 11 is 0. The molecule has 2 aromatic rings. The Balaban J connectivity index is 1.87. The van der Waals surface area contributed by atoms with Crippen molar-refractivity contribution in [2.45, 2.75) is 0 Å². The smallest absolute Gasteiger partial charge is 0.246 e. The first-order chi connectivity index (χ1) is 11.6. The van der Waals surface area contributed by atoms with Crippen LogP contribution in [0, 0.1) is 17.1 Å². The molecule has 0 atom stereocenters. The third-order valence-electron chi connectivity index (χ3n) is 3.38. The normalized spacial score (nSPS) is 10.4. The summed E-state index contributed by atoms with van der Waals surface area (Å²) in [7, 11) is 1.63. The van der Waals surface area contributed by atoms with Gasteiger partial charge in [0.2, 0.25) is 5.91 Å². The SMILES string of the molecule is CN(CCOc1ccccc1F)C(=O)C=Cc1ccccc1C#N. The summed E-state index contributed by atoms with van der Waals surface area (Å²) in [4.78, 5) is 13.5. The molecule has 0 aliphatic rings. The molecule has 2 aromatic carbocycles. The van der Waals surface area contributed by atoms with Gasteiger partial charge in [0.1, 0.15) is 6.61 Å². The monoisotopic (exact) mass is 324 g/mol. The van der Waals surface area contributed by atoms with E-state index in [1.807, 2.05) is 0 Å². The molecule has 0 saturated carbocycles. The van der Waals surface area contributed by atoms with E-state index in [1.165, 1.54) is 23.1 Å². The van der Waals surface area contributed by atoms with Crippen LogP contribution in [0.5, 0.6) is 5.75 Å². The number of rotatable bonds is 6. The Hall–Kier alpha value is -3.13. The predicted octanol–water partition coefficient (Wildman–Crippen LogP) is 3.25. The molecule has 2 rings (SSSR count). The molecule has 4 nitrogen and oxygen atoms in total. The van der Waals surface area contributed by atoms with Gasteiger partial charge in [0, 0.05) is 13.1 Å². The van der Waals surface area contributed by atoms with Gasteiger partial charge in [-0.05, 0) is 29.8 Å². The van der Waals surface area contributed by atoms with Gasteiger partial charge in [-0.3, -0.25) is 4.79 Å². The zero-order valence-corrected chi connectivity index (χ0v) is 13.3. The highest BCUT2D eigenvalue weighted by atomic mass is 19.1. The topological polar surface area (TPSA) is 53.3 Å². The summed E-state index contributed by atoms with van der Waals surface area (Å²) in [5.74, 6) is -0.490. The molecular weight excluding hydrogens is 307 g/mol. The molecule has 122 valence electrons. The molecule has 0 spiro atoms. The average Bonchev–Trinajstić information content (AvgIpc) is 2.61. The Morgan fingerprint density at radius 1 is 1.25 bits per heavy atom. The molecule has 0 aliphatic carbocycles. The molecule has 0 heterocycles. The lowest BCUT2D eigenvalue weighted by atomic mass is 10.1. The average molecular weight is 324 g/mol. The number of carbonyl (C=O) groups is 1. The number of likely N-dealkylation sites (N-methyl/N-ethyl adjacent to an activating group) is 1. The maximum atomic E-state index is 13.4. The van der Waals surface area contributed by atoms with Gasteiger partial charge < -0.3 is 9.64 Å². The number of carbonyl (C=O) groups excluding carboxylic acids is 1. The predicted molar refractivity (Wildman–Crippen MR) is 89.7 cm³/mol. The molecule has 5 heteroatoms. The quantitative estimate of drug-likeness (QED) is 0.767. The van der Waals surface area contributed by atoms with Gasteiger partial charge in [0.15, 0.2) is 11.6 Å². The summed E-state index contributed by atoms with van der Waals surface area (Å²) in [6.07, 6.45) is 3.01. The van der Waals surface area contributed by atoms with Crippen LogP contribution in [0.1, 0.15) is 11.1 Å². The molecule has 0 saturated heterocycles. The molecular formula is C19H17FN2O2. The van der Waals surface area contributed by atoms with Crippen molar-refractivity contribution in [2.75, 3.05) is 20.2 Å². The maximum Gasteiger partial charge on any atom is 0.246 e. The molecule has 0 N–H and O–H groups in total. The van der Waals surface area contributed by atoms with E-state index in [0.717, 1.165) is 0 Å². The highest BCUT2D eigenvalue weighted by Crippen LogP contribution is 2.15. The fourth-order valence-corrected chi connectivity index (χ4v) is 2.00. The highest BCUT2D eigenvalue weighted by Gasteiger charge is 2.07. The standard InChI is InChI=1S/C19H17FN2O2/c1-22(12-13-24-18-9-5-4-8-17(18)20)19(23)11-10-15-6-2-3-7-16(15)14-21/h2-11H,12-13H2,1H3. The van der Waals surface area contributed by atoms with Gasteiger partial charge >= 0.3 is 0 Å². The van der Waals surface area contributed by atoms with Crippen LogP contribution in [0.15, 0.2) is 54.6 Å². The minimum Gasteiger partial charge on any atom is -0.489 e. The first kappa shape index (κ1) is 17.2. The third kappa shape index (κ3) is 4.68. The van der Waals surface area contributed by atoms with Crippen molar-refractivity contribution in [2.24, 2.45) is 0 Å². The molecule has 1 amide bonds. The summed E-state index contributed by atoms with van der Waals surface area (Å²) in [5, 5.41) is 9.01. The van der Waals surface area contributed by atoms with Crippen LogP contribution in [0.3, 0.4) is 0 Å². The van der Waals surface area contributed by atoms with Crippen molar-refractivity contribution in [3.05, 3.63) is 71.6 Å². The molecule has 0 radical (unpaired) electrons. The number of halogens is 1.